The first-order chi connectivity index (χ1) is 7.77. The lowest BCUT2D eigenvalue weighted by Gasteiger charge is -2.08. The molecule has 2 heteroatoms. The lowest BCUT2D eigenvalue weighted by molar-refractivity contribution is 0.0603. The van der Waals surface area contributed by atoms with Crippen LogP contribution in [0.3, 0.4) is 0 Å². The van der Waals surface area contributed by atoms with Crippen LogP contribution in [0.4, 0.5) is 0 Å². The molecule has 2 nitrogen and oxygen atoms in total. The van der Waals surface area contributed by atoms with Crippen molar-refractivity contribution in [2.24, 2.45) is 0 Å². The molecule has 0 aromatic heterocycles. The summed E-state index contributed by atoms with van der Waals surface area (Å²) in [6, 6.07) is 11.8. The van der Waals surface area contributed by atoms with Crippen LogP contribution >= 0.6 is 0 Å². The smallest absolute Gasteiger partial charge is 0.338 e. The van der Waals surface area contributed by atoms with E-state index in [0.717, 1.165) is 17.2 Å². The largest absolute Gasteiger partial charge is 0.465 e. The van der Waals surface area contributed by atoms with Gasteiger partial charge in [-0.2, -0.15) is 0 Å². The van der Waals surface area contributed by atoms with Crippen LogP contribution in [-0.2, 0) is 11.2 Å². The van der Waals surface area contributed by atoms with E-state index in [-0.39, 0.29) is 5.97 Å². The fraction of sp³-hybridized carbons (Fsp3) is 0.214. The van der Waals surface area contributed by atoms with Gasteiger partial charge in [0.1, 0.15) is 0 Å². The normalized spacial score (nSPS) is 10.4. The Morgan fingerprint density at radius 2 is 1.81 bits per heavy atom. The van der Waals surface area contributed by atoms with Gasteiger partial charge in [-0.05, 0) is 28.8 Å². The molecule has 0 saturated carbocycles. The van der Waals surface area contributed by atoms with Crippen molar-refractivity contribution in [1.29, 1.82) is 0 Å². The number of hydrogen-bond acceptors (Lipinski definition) is 2. The first kappa shape index (κ1) is 10.7. The number of methoxy groups -OCH3 is 1. The third-order valence-electron chi connectivity index (χ3n) is 2.80. The number of benzene rings is 2. The zero-order chi connectivity index (χ0) is 11.5. The summed E-state index contributed by atoms with van der Waals surface area (Å²) in [5.41, 5.74) is 1.89. The Balaban J connectivity index is 2.74. The maximum atomic E-state index is 11.6. The average molecular weight is 214 g/mol. The molecule has 0 heterocycles. The Labute approximate surface area is 94.8 Å². The molecule has 0 amide bonds. The van der Waals surface area contributed by atoms with Crippen molar-refractivity contribution >= 4 is 16.7 Å². The minimum Gasteiger partial charge on any atom is -0.465 e. The highest BCUT2D eigenvalue weighted by Gasteiger charge is 2.11. The average Bonchev–Trinajstić information content (AvgIpc) is 2.36. The van der Waals surface area contributed by atoms with Gasteiger partial charge in [0, 0.05) is 0 Å². The highest BCUT2D eigenvalue weighted by atomic mass is 16.5. The number of hydrogen-bond donors (Lipinski definition) is 0. The van der Waals surface area contributed by atoms with E-state index in [1.807, 2.05) is 36.4 Å². The molecular weight excluding hydrogens is 200 g/mol. The Morgan fingerprint density at radius 1 is 1.12 bits per heavy atom. The molecule has 0 aliphatic heterocycles. The molecule has 0 bridgehead atoms. The topological polar surface area (TPSA) is 26.3 Å². The zero-order valence-electron chi connectivity index (χ0n) is 9.49. The molecule has 0 fully saturated rings. The summed E-state index contributed by atoms with van der Waals surface area (Å²) in [5, 5.41) is 2.10. The molecule has 0 saturated heterocycles. The first-order valence-corrected chi connectivity index (χ1v) is 5.37. The maximum Gasteiger partial charge on any atom is 0.338 e. The zero-order valence-corrected chi connectivity index (χ0v) is 9.49. The molecule has 2 aromatic carbocycles. The minimum absolute atomic E-state index is 0.279. The summed E-state index contributed by atoms with van der Waals surface area (Å²) in [7, 11) is 1.41. The molecular formula is C14H14O2. The van der Waals surface area contributed by atoms with E-state index in [9.17, 15) is 4.79 Å². The van der Waals surface area contributed by atoms with E-state index >= 15 is 0 Å². The molecule has 0 N–H and O–H groups in total. The molecule has 0 radical (unpaired) electrons. The SMILES string of the molecule is CCc1ccc(C(=O)OC)c2ccccc12. The highest BCUT2D eigenvalue weighted by Crippen LogP contribution is 2.23. The van der Waals surface area contributed by atoms with Gasteiger partial charge in [-0.15, -0.1) is 0 Å². The van der Waals surface area contributed by atoms with Gasteiger partial charge in [0.05, 0.1) is 12.7 Å². The van der Waals surface area contributed by atoms with Crippen molar-refractivity contribution in [1.82, 2.24) is 0 Å². The number of rotatable bonds is 2. The lowest BCUT2D eigenvalue weighted by Crippen LogP contribution is -2.02. The van der Waals surface area contributed by atoms with Crippen molar-refractivity contribution in [2.75, 3.05) is 7.11 Å². The number of esters is 1. The standard InChI is InChI=1S/C14H14O2/c1-3-10-8-9-13(14(15)16-2)12-7-5-4-6-11(10)12/h4-9H,3H2,1-2H3. The van der Waals surface area contributed by atoms with Crippen LogP contribution in [0, 0.1) is 0 Å². The van der Waals surface area contributed by atoms with Gasteiger partial charge in [-0.3, -0.25) is 0 Å². The van der Waals surface area contributed by atoms with E-state index in [0.29, 0.717) is 5.56 Å². The number of carbonyl (C=O) groups is 1. The van der Waals surface area contributed by atoms with Gasteiger partial charge in [-0.1, -0.05) is 37.3 Å². The van der Waals surface area contributed by atoms with Gasteiger partial charge in [-0.25, -0.2) is 4.79 Å². The molecule has 0 aliphatic carbocycles. The molecule has 0 unspecified atom stereocenters. The van der Waals surface area contributed by atoms with Gasteiger partial charge < -0.3 is 4.74 Å². The van der Waals surface area contributed by atoms with Gasteiger partial charge in [0.2, 0.25) is 0 Å². The summed E-state index contributed by atoms with van der Waals surface area (Å²) in [5.74, 6) is -0.279. The van der Waals surface area contributed by atoms with Crippen LogP contribution in [0.15, 0.2) is 36.4 Å². The summed E-state index contributed by atoms with van der Waals surface area (Å²) in [6.07, 6.45) is 0.960. The van der Waals surface area contributed by atoms with Crippen molar-refractivity contribution in [3.63, 3.8) is 0 Å². The van der Waals surface area contributed by atoms with Crippen LogP contribution in [-0.4, -0.2) is 13.1 Å². The maximum absolute atomic E-state index is 11.6. The van der Waals surface area contributed by atoms with E-state index in [1.54, 1.807) is 0 Å². The van der Waals surface area contributed by atoms with Crippen LogP contribution in [0.25, 0.3) is 10.8 Å². The monoisotopic (exact) mass is 214 g/mol. The molecule has 16 heavy (non-hydrogen) atoms. The Hall–Kier alpha value is -1.83. The quantitative estimate of drug-likeness (QED) is 0.718. The summed E-state index contributed by atoms with van der Waals surface area (Å²) in [6.45, 7) is 2.11. The molecule has 0 spiro atoms. The first-order valence-electron chi connectivity index (χ1n) is 5.37. The van der Waals surface area contributed by atoms with E-state index < -0.39 is 0 Å². The number of fused-ring (bicyclic) bond motifs is 1. The highest BCUT2D eigenvalue weighted by molar-refractivity contribution is 6.05. The van der Waals surface area contributed by atoms with Crippen molar-refractivity contribution in [3.8, 4) is 0 Å². The molecule has 2 rings (SSSR count). The molecule has 0 atom stereocenters. The van der Waals surface area contributed by atoms with E-state index in [4.69, 9.17) is 4.74 Å². The second kappa shape index (κ2) is 4.35. The fourth-order valence-electron chi connectivity index (χ4n) is 1.96. The van der Waals surface area contributed by atoms with Crippen LogP contribution in [0.2, 0.25) is 0 Å². The van der Waals surface area contributed by atoms with E-state index in [1.165, 1.54) is 12.7 Å². The van der Waals surface area contributed by atoms with Gasteiger partial charge in [0.15, 0.2) is 0 Å². The molecule has 82 valence electrons. The van der Waals surface area contributed by atoms with E-state index in [2.05, 4.69) is 6.92 Å². The van der Waals surface area contributed by atoms with Crippen molar-refractivity contribution in [3.05, 3.63) is 47.5 Å². The van der Waals surface area contributed by atoms with Crippen molar-refractivity contribution in [2.45, 2.75) is 13.3 Å². The Morgan fingerprint density at radius 3 is 2.44 bits per heavy atom. The summed E-state index contributed by atoms with van der Waals surface area (Å²) in [4.78, 5) is 11.6. The Bertz CT molecular complexity index is 529. The third kappa shape index (κ3) is 1.67. The van der Waals surface area contributed by atoms with Gasteiger partial charge in [0.25, 0.3) is 0 Å². The number of carbonyl (C=O) groups excluding carboxylic acids is 1. The lowest BCUT2D eigenvalue weighted by atomic mass is 9.98. The van der Waals surface area contributed by atoms with Crippen LogP contribution in [0.5, 0.6) is 0 Å². The summed E-state index contributed by atoms with van der Waals surface area (Å²) >= 11 is 0. The molecule has 0 aliphatic rings. The van der Waals surface area contributed by atoms with Crippen LogP contribution < -0.4 is 0 Å². The number of ether oxygens (including phenoxy) is 1. The van der Waals surface area contributed by atoms with Crippen LogP contribution in [0.1, 0.15) is 22.8 Å². The van der Waals surface area contributed by atoms with Crippen molar-refractivity contribution < 1.29 is 9.53 Å². The fourth-order valence-corrected chi connectivity index (χ4v) is 1.96. The molecule has 2 aromatic rings. The van der Waals surface area contributed by atoms with Gasteiger partial charge >= 0.3 is 5.97 Å². The number of aryl methyl sites for hydroxylation is 1. The predicted octanol–water partition coefficient (Wildman–Crippen LogP) is 3.19. The third-order valence-corrected chi connectivity index (χ3v) is 2.80. The summed E-state index contributed by atoms with van der Waals surface area (Å²) < 4.78 is 4.78. The predicted molar refractivity (Wildman–Crippen MR) is 64.7 cm³/mol. The second-order valence-electron chi connectivity index (χ2n) is 3.66. The second-order valence-corrected chi connectivity index (χ2v) is 3.66. The minimum atomic E-state index is -0.279. The Kier molecular flexibility index (Phi) is 2.91.